The lowest BCUT2D eigenvalue weighted by atomic mass is 10.0. The highest BCUT2D eigenvalue weighted by atomic mass is 32.2. The second-order valence-corrected chi connectivity index (χ2v) is 7.55. The standard InChI is InChI=1S/C15H30N2OS/c1-7-19-9-8-12(6)17-14(11(4)5)16-13(10(2)3)15(17)18/h10-14,16H,7-9H2,1-6H3. The third-order valence-corrected chi connectivity index (χ3v) is 4.76. The van der Waals surface area contributed by atoms with Gasteiger partial charge >= 0.3 is 0 Å². The Labute approximate surface area is 122 Å². The summed E-state index contributed by atoms with van der Waals surface area (Å²) in [6.07, 6.45) is 1.28. The molecule has 1 rings (SSSR count). The molecule has 3 unspecified atom stereocenters. The van der Waals surface area contributed by atoms with Crippen LogP contribution in [0.4, 0.5) is 0 Å². The zero-order valence-corrected chi connectivity index (χ0v) is 14.1. The van der Waals surface area contributed by atoms with Crippen LogP contribution in [0.1, 0.15) is 48.0 Å². The van der Waals surface area contributed by atoms with Gasteiger partial charge in [-0.25, -0.2) is 0 Å². The van der Waals surface area contributed by atoms with Crippen LogP contribution in [0.5, 0.6) is 0 Å². The topological polar surface area (TPSA) is 32.3 Å². The molecule has 0 radical (unpaired) electrons. The molecule has 3 nitrogen and oxygen atoms in total. The van der Waals surface area contributed by atoms with Gasteiger partial charge in [-0.3, -0.25) is 10.1 Å². The molecule has 19 heavy (non-hydrogen) atoms. The Balaban J connectivity index is 2.73. The first kappa shape index (κ1) is 16.8. The summed E-state index contributed by atoms with van der Waals surface area (Å²) in [6.45, 7) is 13.0. The van der Waals surface area contributed by atoms with E-state index >= 15 is 0 Å². The van der Waals surface area contributed by atoms with Crippen molar-refractivity contribution in [2.24, 2.45) is 11.8 Å². The lowest BCUT2D eigenvalue weighted by Gasteiger charge is -2.32. The zero-order chi connectivity index (χ0) is 14.6. The van der Waals surface area contributed by atoms with E-state index in [2.05, 4.69) is 51.8 Å². The molecule has 0 aromatic carbocycles. The first-order valence-electron chi connectivity index (χ1n) is 7.56. The summed E-state index contributed by atoms with van der Waals surface area (Å²) in [5.74, 6) is 3.40. The summed E-state index contributed by atoms with van der Waals surface area (Å²) < 4.78 is 0. The van der Waals surface area contributed by atoms with E-state index in [4.69, 9.17) is 0 Å². The molecular weight excluding hydrogens is 256 g/mol. The normalized spacial score (nSPS) is 25.7. The highest BCUT2D eigenvalue weighted by molar-refractivity contribution is 7.99. The predicted octanol–water partition coefficient (Wildman–Crippen LogP) is 2.96. The van der Waals surface area contributed by atoms with Crippen molar-refractivity contribution in [1.29, 1.82) is 0 Å². The van der Waals surface area contributed by atoms with Gasteiger partial charge in [0.25, 0.3) is 0 Å². The second kappa shape index (κ2) is 7.53. The fourth-order valence-corrected chi connectivity index (χ4v) is 3.45. The quantitative estimate of drug-likeness (QED) is 0.730. The first-order valence-corrected chi connectivity index (χ1v) is 8.71. The molecule has 0 spiro atoms. The van der Waals surface area contributed by atoms with Crippen LogP contribution in [0.2, 0.25) is 0 Å². The number of hydrogen-bond acceptors (Lipinski definition) is 3. The lowest BCUT2D eigenvalue weighted by Crippen LogP contribution is -2.46. The zero-order valence-electron chi connectivity index (χ0n) is 13.3. The highest BCUT2D eigenvalue weighted by Crippen LogP contribution is 2.25. The van der Waals surface area contributed by atoms with Gasteiger partial charge in [-0.1, -0.05) is 34.6 Å². The van der Waals surface area contributed by atoms with E-state index < -0.39 is 0 Å². The van der Waals surface area contributed by atoms with Crippen LogP contribution in [0.3, 0.4) is 0 Å². The van der Waals surface area contributed by atoms with Crippen molar-refractivity contribution in [2.45, 2.75) is 66.2 Å². The molecule has 0 aliphatic carbocycles. The number of amides is 1. The molecule has 0 aromatic heterocycles. The monoisotopic (exact) mass is 286 g/mol. The Morgan fingerprint density at radius 3 is 2.32 bits per heavy atom. The van der Waals surface area contributed by atoms with E-state index in [0.29, 0.717) is 23.8 Å². The number of carbonyl (C=O) groups excluding carboxylic acids is 1. The molecule has 1 amide bonds. The summed E-state index contributed by atoms with van der Waals surface area (Å²) in [7, 11) is 0. The maximum Gasteiger partial charge on any atom is 0.241 e. The average Bonchev–Trinajstić information content (AvgIpc) is 2.67. The predicted molar refractivity (Wildman–Crippen MR) is 84.3 cm³/mol. The number of hydrogen-bond donors (Lipinski definition) is 1. The van der Waals surface area contributed by atoms with Crippen LogP contribution in [0.25, 0.3) is 0 Å². The minimum Gasteiger partial charge on any atom is -0.323 e. The SMILES string of the molecule is CCSCCC(C)N1C(=O)C(C(C)C)NC1C(C)C. The minimum absolute atomic E-state index is 0.00585. The smallest absolute Gasteiger partial charge is 0.241 e. The van der Waals surface area contributed by atoms with E-state index in [1.807, 2.05) is 11.8 Å². The fraction of sp³-hybridized carbons (Fsp3) is 0.933. The third-order valence-electron chi connectivity index (χ3n) is 3.83. The molecule has 1 fully saturated rings. The molecule has 0 bridgehead atoms. The number of nitrogens with one attached hydrogen (secondary N) is 1. The maximum absolute atomic E-state index is 12.6. The Morgan fingerprint density at radius 1 is 1.21 bits per heavy atom. The molecule has 112 valence electrons. The molecule has 1 saturated heterocycles. The van der Waals surface area contributed by atoms with Gasteiger partial charge in [0.2, 0.25) is 5.91 Å². The van der Waals surface area contributed by atoms with Crippen LogP contribution in [-0.2, 0) is 4.79 Å². The summed E-state index contributed by atoms with van der Waals surface area (Å²) in [6, 6.07) is 0.323. The summed E-state index contributed by atoms with van der Waals surface area (Å²) >= 11 is 1.95. The Kier molecular flexibility index (Phi) is 6.67. The number of nitrogens with zero attached hydrogens (tertiary/aromatic N) is 1. The van der Waals surface area contributed by atoms with Crippen molar-refractivity contribution in [3.8, 4) is 0 Å². The molecule has 4 heteroatoms. The minimum atomic E-state index is -0.00585. The molecule has 1 heterocycles. The van der Waals surface area contributed by atoms with E-state index in [-0.39, 0.29) is 12.2 Å². The molecule has 3 atom stereocenters. The average molecular weight is 286 g/mol. The lowest BCUT2D eigenvalue weighted by molar-refractivity contribution is -0.133. The second-order valence-electron chi connectivity index (χ2n) is 6.16. The van der Waals surface area contributed by atoms with Crippen molar-refractivity contribution in [3.63, 3.8) is 0 Å². The van der Waals surface area contributed by atoms with Crippen LogP contribution < -0.4 is 5.32 Å². The molecular formula is C15H30N2OS. The van der Waals surface area contributed by atoms with Crippen LogP contribution in [-0.4, -0.2) is 40.6 Å². The largest absolute Gasteiger partial charge is 0.323 e. The Hall–Kier alpha value is -0.220. The van der Waals surface area contributed by atoms with Crippen LogP contribution in [0, 0.1) is 11.8 Å². The van der Waals surface area contributed by atoms with Gasteiger partial charge < -0.3 is 4.90 Å². The summed E-state index contributed by atoms with van der Waals surface area (Å²) in [4.78, 5) is 14.7. The number of rotatable bonds is 7. The molecule has 1 N–H and O–H groups in total. The van der Waals surface area contributed by atoms with Crippen molar-refractivity contribution >= 4 is 17.7 Å². The van der Waals surface area contributed by atoms with Crippen molar-refractivity contribution < 1.29 is 4.79 Å². The number of carbonyl (C=O) groups is 1. The van der Waals surface area contributed by atoms with Crippen molar-refractivity contribution in [1.82, 2.24) is 10.2 Å². The van der Waals surface area contributed by atoms with Crippen LogP contribution in [0.15, 0.2) is 0 Å². The maximum atomic E-state index is 12.6. The van der Waals surface area contributed by atoms with Gasteiger partial charge in [-0.15, -0.1) is 0 Å². The van der Waals surface area contributed by atoms with E-state index in [0.717, 1.165) is 17.9 Å². The van der Waals surface area contributed by atoms with Gasteiger partial charge in [0.05, 0.1) is 12.2 Å². The van der Waals surface area contributed by atoms with Gasteiger partial charge in [-0.05, 0) is 36.7 Å². The molecule has 0 saturated carbocycles. The van der Waals surface area contributed by atoms with E-state index in [1.54, 1.807) is 0 Å². The third kappa shape index (κ3) is 4.12. The van der Waals surface area contributed by atoms with Gasteiger partial charge in [0.1, 0.15) is 0 Å². The molecule has 1 aliphatic rings. The summed E-state index contributed by atoms with van der Waals surface area (Å²) in [5.41, 5.74) is 0. The Morgan fingerprint density at radius 2 is 1.84 bits per heavy atom. The Bertz CT molecular complexity index is 294. The van der Waals surface area contributed by atoms with E-state index in [1.165, 1.54) is 0 Å². The highest BCUT2D eigenvalue weighted by Gasteiger charge is 2.43. The fourth-order valence-electron chi connectivity index (χ4n) is 2.65. The molecule has 1 aliphatic heterocycles. The van der Waals surface area contributed by atoms with Gasteiger partial charge in [0, 0.05) is 6.04 Å². The summed E-state index contributed by atoms with van der Waals surface area (Å²) in [5, 5.41) is 3.53. The van der Waals surface area contributed by atoms with E-state index in [9.17, 15) is 4.79 Å². The van der Waals surface area contributed by atoms with Gasteiger partial charge in [-0.2, -0.15) is 11.8 Å². The van der Waals surface area contributed by atoms with Crippen molar-refractivity contribution in [3.05, 3.63) is 0 Å². The van der Waals surface area contributed by atoms with Crippen LogP contribution >= 0.6 is 11.8 Å². The first-order chi connectivity index (χ1) is 8.90. The number of thioether (sulfide) groups is 1. The van der Waals surface area contributed by atoms with Gasteiger partial charge in [0.15, 0.2) is 0 Å². The van der Waals surface area contributed by atoms with Crippen molar-refractivity contribution in [2.75, 3.05) is 11.5 Å². The molecule has 0 aromatic rings.